The van der Waals surface area contributed by atoms with Crippen molar-refractivity contribution in [3.05, 3.63) is 59.9 Å². The predicted molar refractivity (Wildman–Crippen MR) is 94.8 cm³/mol. The van der Waals surface area contributed by atoms with Crippen molar-refractivity contribution in [1.82, 2.24) is 9.88 Å². The number of carbonyl (C=O) groups is 2. The summed E-state index contributed by atoms with van der Waals surface area (Å²) in [7, 11) is 0. The molecule has 2 heterocycles. The molecule has 0 aliphatic carbocycles. The van der Waals surface area contributed by atoms with E-state index >= 15 is 0 Å². The maximum Gasteiger partial charge on any atom is 0.340 e. The van der Waals surface area contributed by atoms with E-state index in [9.17, 15) is 9.59 Å². The van der Waals surface area contributed by atoms with Crippen LogP contribution >= 0.6 is 0 Å². The average Bonchev–Trinajstić information content (AvgIpc) is 2.68. The Morgan fingerprint density at radius 2 is 1.84 bits per heavy atom. The summed E-state index contributed by atoms with van der Waals surface area (Å²) in [6.07, 6.45) is 3.24. The smallest absolute Gasteiger partial charge is 0.340 e. The third kappa shape index (κ3) is 3.79. The van der Waals surface area contributed by atoms with Gasteiger partial charge in [-0.2, -0.15) is 0 Å². The number of para-hydroxylation sites is 1. The van der Waals surface area contributed by atoms with Crippen LogP contribution in [-0.4, -0.2) is 54.5 Å². The minimum Gasteiger partial charge on any atom is -0.462 e. The van der Waals surface area contributed by atoms with Crippen molar-refractivity contribution in [2.24, 2.45) is 0 Å². The summed E-state index contributed by atoms with van der Waals surface area (Å²) in [6.45, 7) is 4.69. The van der Waals surface area contributed by atoms with Gasteiger partial charge in [-0.15, -0.1) is 0 Å². The van der Waals surface area contributed by atoms with Crippen molar-refractivity contribution in [2.75, 3.05) is 37.7 Å². The second-order valence-corrected chi connectivity index (χ2v) is 5.76. The van der Waals surface area contributed by atoms with Crippen LogP contribution in [0.15, 0.2) is 48.8 Å². The molecule has 0 N–H and O–H groups in total. The van der Waals surface area contributed by atoms with Crippen molar-refractivity contribution in [1.29, 1.82) is 0 Å². The molecule has 130 valence electrons. The molecule has 0 saturated carbocycles. The van der Waals surface area contributed by atoms with E-state index in [1.165, 1.54) is 0 Å². The summed E-state index contributed by atoms with van der Waals surface area (Å²) in [5, 5.41) is 0. The summed E-state index contributed by atoms with van der Waals surface area (Å²) < 4.78 is 5.14. The molecule has 0 atom stereocenters. The Labute approximate surface area is 147 Å². The molecule has 0 unspecified atom stereocenters. The first-order valence-electron chi connectivity index (χ1n) is 8.41. The second-order valence-electron chi connectivity index (χ2n) is 5.76. The SMILES string of the molecule is CCOC(=O)c1ccccc1N1CCN(C(=O)c2cccnc2)CC1. The number of anilines is 1. The van der Waals surface area contributed by atoms with Crippen LogP contribution in [0.5, 0.6) is 0 Å². The quantitative estimate of drug-likeness (QED) is 0.799. The molecule has 1 fully saturated rings. The van der Waals surface area contributed by atoms with Crippen LogP contribution < -0.4 is 4.90 Å². The standard InChI is InChI=1S/C19H21N3O3/c1-2-25-19(24)16-7-3-4-8-17(16)21-10-12-22(13-11-21)18(23)15-6-5-9-20-14-15/h3-9,14H,2,10-13H2,1H3. The van der Waals surface area contributed by atoms with Crippen molar-refractivity contribution >= 4 is 17.6 Å². The van der Waals surface area contributed by atoms with E-state index in [2.05, 4.69) is 9.88 Å². The van der Waals surface area contributed by atoms with Gasteiger partial charge in [0.15, 0.2) is 0 Å². The van der Waals surface area contributed by atoms with Crippen molar-refractivity contribution in [2.45, 2.75) is 6.92 Å². The number of ether oxygens (including phenoxy) is 1. The van der Waals surface area contributed by atoms with Crippen LogP contribution in [0.2, 0.25) is 0 Å². The normalized spacial score (nSPS) is 14.3. The Balaban J connectivity index is 1.69. The molecule has 0 radical (unpaired) electrons. The molecule has 6 heteroatoms. The highest BCUT2D eigenvalue weighted by Gasteiger charge is 2.25. The van der Waals surface area contributed by atoms with Crippen LogP contribution in [0.25, 0.3) is 0 Å². The van der Waals surface area contributed by atoms with E-state index in [1.54, 1.807) is 37.5 Å². The number of rotatable bonds is 4. The lowest BCUT2D eigenvalue weighted by molar-refractivity contribution is 0.0526. The minimum absolute atomic E-state index is 0.00794. The number of hydrogen-bond donors (Lipinski definition) is 0. The van der Waals surface area contributed by atoms with Gasteiger partial charge in [0.25, 0.3) is 5.91 Å². The highest BCUT2D eigenvalue weighted by Crippen LogP contribution is 2.23. The van der Waals surface area contributed by atoms with E-state index in [0.29, 0.717) is 43.9 Å². The van der Waals surface area contributed by atoms with Gasteiger partial charge in [-0.3, -0.25) is 9.78 Å². The molecule has 1 amide bonds. The van der Waals surface area contributed by atoms with Crippen LogP contribution in [0.3, 0.4) is 0 Å². The molecule has 2 aromatic rings. The summed E-state index contributed by atoms with van der Waals surface area (Å²) in [6, 6.07) is 11.0. The van der Waals surface area contributed by atoms with Gasteiger partial charge < -0.3 is 14.5 Å². The van der Waals surface area contributed by atoms with Crippen LogP contribution in [0.4, 0.5) is 5.69 Å². The lowest BCUT2D eigenvalue weighted by Gasteiger charge is -2.36. The number of piperazine rings is 1. The maximum absolute atomic E-state index is 12.5. The van der Waals surface area contributed by atoms with E-state index in [-0.39, 0.29) is 11.9 Å². The Morgan fingerprint density at radius 3 is 2.52 bits per heavy atom. The van der Waals surface area contributed by atoms with Gasteiger partial charge in [0, 0.05) is 38.6 Å². The summed E-state index contributed by atoms with van der Waals surface area (Å²) in [5.41, 5.74) is 2.02. The molecule has 6 nitrogen and oxygen atoms in total. The molecule has 25 heavy (non-hydrogen) atoms. The predicted octanol–water partition coefficient (Wildman–Crippen LogP) is 2.22. The highest BCUT2D eigenvalue weighted by atomic mass is 16.5. The number of amides is 1. The Kier molecular flexibility index (Phi) is 5.28. The monoisotopic (exact) mass is 339 g/mol. The molecule has 1 aliphatic heterocycles. The third-order valence-electron chi connectivity index (χ3n) is 4.22. The van der Waals surface area contributed by atoms with Gasteiger partial charge >= 0.3 is 5.97 Å². The zero-order chi connectivity index (χ0) is 17.6. The van der Waals surface area contributed by atoms with E-state index in [1.807, 2.05) is 23.1 Å². The lowest BCUT2D eigenvalue weighted by atomic mass is 10.1. The molecule has 1 aromatic carbocycles. The molecule has 0 spiro atoms. The first kappa shape index (κ1) is 17.0. The topological polar surface area (TPSA) is 62.7 Å². The van der Waals surface area contributed by atoms with Gasteiger partial charge in [-0.05, 0) is 31.2 Å². The first-order chi connectivity index (χ1) is 12.2. The fourth-order valence-electron chi connectivity index (χ4n) is 2.95. The van der Waals surface area contributed by atoms with Gasteiger partial charge in [0.05, 0.1) is 23.4 Å². The van der Waals surface area contributed by atoms with E-state index in [0.717, 1.165) is 5.69 Å². The Bertz CT molecular complexity index is 741. The fourth-order valence-corrected chi connectivity index (χ4v) is 2.95. The summed E-state index contributed by atoms with van der Waals surface area (Å²) in [5.74, 6) is -0.321. The average molecular weight is 339 g/mol. The highest BCUT2D eigenvalue weighted by molar-refractivity contribution is 5.96. The number of carbonyl (C=O) groups excluding carboxylic acids is 2. The molecule has 1 aliphatic rings. The lowest BCUT2D eigenvalue weighted by Crippen LogP contribution is -2.49. The van der Waals surface area contributed by atoms with Crippen molar-refractivity contribution < 1.29 is 14.3 Å². The number of benzene rings is 1. The number of esters is 1. The van der Waals surface area contributed by atoms with Gasteiger partial charge in [-0.25, -0.2) is 4.79 Å². The van der Waals surface area contributed by atoms with Crippen LogP contribution in [0.1, 0.15) is 27.6 Å². The zero-order valence-electron chi connectivity index (χ0n) is 14.2. The number of nitrogens with zero attached hydrogens (tertiary/aromatic N) is 3. The van der Waals surface area contributed by atoms with Crippen molar-refractivity contribution in [3.8, 4) is 0 Å². The molecule has 1 saturated heterocycles. The molecular weight excluding hydrogens is 318 g/mol. The Hall–Kier alpha value is -2.89. The van der Waals surface area contributed by atoms with Gasteiger partial charge in [0.2, 0.25) is 0 Å². The summed E-state index contributed by atoms with van der Waals surface area (Å²) in [4.78, 5) is 32.6. The second kappa shape index (κ2) is 7.79. The third-order valence-corrected chi connectivity index (χ3v) is 4.22. The van der Waals surface area contributed by atoms with Gasteiger partial charge in [0.1, 0.15) is 0 Å². The largest absolute Gasteiger partial charge is 0.462 e. The minimum atomic E-state index is -0.313. The molecule has 3 rings (SSSR count). The zero-order valence-corrected chi connectivity index (χ0v) is 14.2. The molecule has 0 bridgehead atoms. The fraction of sp³-hybridized carbons (Fsp3) is 0.316. The summed E-state index contributed by atoms with van der Waals surface area (Å²) >= 11 is 0. The van der Waals surface area contributed by atoms with E-state index in [4.69, 9.17) is 4.74 Å². The molecular formula is C19H21N3O3. The number of aromatic nitrogens is 1. The van der Waals surface area contributed by atoms with Crippen molar-refractivity contribution in [3.63, 3.8) is 0 Å². The number of pyridine rings is 1. The number of hydrogen-bond acceptors (Lipinski definition) is 5. The first-order valence-corrected chi connectivity index (χ1v) is 8.41. The van der Waals surface area contributed by atoms with Crippen LogP contribution in [0, 0.1) is 0 Å². The van der Waals surface area contributed by atoms with Gasteiger partial charge in [-0.1, -0.05) is 12.1 Å². The Morgan fingerprint density at radius 1 is 1.08 bits per heavy atom. The molecule has 1 aromatic heterocycles. The van der Waals surface area contributed by atoms with E-state index < -0.39 is 0 Å². The maximum atomic E-state index is 12.5. The van der Waals surface area contributed by atoms with Crippen LogP contribution in [-0.2, 0) is 4.74 Å².